The van der Waals surface area contributed by atoms with Gasteiger partial charge in [-0.3, -0.25) is 10.1 Å². The number of nitrogens with one attached hydrogen (secondary N) is 1. The quantitative estimate of drug-likeness (QED) is 0.592. The van der Waals surface area contributed by atoms with Gasteiger partial charge in [0.05, 0.1) is 19.9 Å². The number of carbonyl (C=O) groups excluding carboxylic acids is 2. The molecule has 29 heavy (non-hydrogen) atoms. The number of esters is 1. The SMILES string of the molecule is COc1cccc(C(=O)OCC(=O)Nc2nc(-c3ccc(C)cc3)cs2)c1OC. The number of nitrogens with zero attached hydrogens (tertiary/aromatic N) is 1. The van der Waals surface area contributed by atoms with Crippen LogP contribution in [0.25, 0.3) is 11.3 Å². The summed E-state index contributed by atoms with van der Waals surface area (Å²) < 4.78 is 15.5. The van der Waals surface area contributed by atoms with E-state index >= 15 is 0 Å². The number of hydrogen-bond acceptors (Lipinski definition) is 7. The maximum Gasteiger partial charge on any atom is 0.342 e. The fourth-order valence-electron chi connectivity index (χ4n) is 2.60. The Kier molecular flexibility index (Phi) is 6.46. The zero-order chi connectivity index (χ0) is 20.8. The number of hydrogen-bond donors (Lipinski definition) is 1. The molecule has 3 aromatic rings. The number of anilines is 1. The van der Waals surface area contributed by atoms with Gasteiger partial charge in [0.2, 0.25) is 0 Å². The molecule has 1 heterocycles. The second-order valence-electron chi connectivity index (χ2n) is 6.07. The largest absolute Gasteiger partial charge is 0.493 e. The van der Waals surface area contributed by atoms with Gasteiger partial charge in [-0.2, -0.15) is 0 Å². The van der Waals surface area contributed by atoms with Gasteiger partial charge in [0.15, 0.2) is 23.2 Å². The Morgan fingerprint density at radius 3 is 2.52 bits per heavy atom. The molecule has 8 heteroatoms. The van der Waals surface area contributed by atoms with E-state index in [0.29, 0.717) is 10.9 Å². The van der Waals surface area contributed by atoms with Crippen molar-refractivity contribution < 1.29 is 23.8 Å². The predicted octanol–water partition coefficient (Wildman–Crippen LogP) is 3.93. The number of rotatable bonds is 7. The van der Waals surface area contributed by atoms with Crippen LogP contribution in [0.2, 0.25) is 0 Å². The van der Waals surface area contributed by atoms with E-state index in [0.717, 1.165) is 16.8 Å². The van der Waals surface area contributed by atoms with Gasteiger partial charge in [0.1, 0.15) is 5.56 Å². The van der Waals surface area contributed by atoms with Crippen LogP contribution in [0.4, 0.5) is 5.13 Å². The van der Waals surface area contributed by atoms with Crippen molar-refractivity contribution in [1.82, 2.24) is 4.98 Å². The zero-order valence-corrected chi connectivity index (χ0v) is 17.0. The molecule has 0 bridgehead atoms. The highest BCUT2D eigenvalue weighted by Crippen LogP contribution is 2.31. The molecule has 3 rings (SSSR count). The lowest BCUT2D eigenvalue weighted by Crippen LogP contribution is -2.21. The number of ether oxygens (including phenoxy) is 3. The molecular formula is C21H20N2O5S. The summed E-state index contributed by atoms with van der Waals surface area (Å²) in [4.78, 5) is 28.8. The van der Waals surface area contributed by atoms with Crippen LogP contribution in [0, 0.1) is 6.92 Å². The lowest BCUT2D eigenvalue weighted by Gasteiger charge is -2.11. The maximum absolute atomic E-state index is 12.3. The van der Waals surface area contributed by atoms with E-state index < -0.39 is 18.5 Å². The number of carbonyl (C=O) groups is 2. The van der Waals surface area contributed by atoms with Crippen molar-refractivity contribution in [2.45, 2.75) is 6.92 Å². The molecule has 150 valence electrons. The van der Waals surface area contributed by atoms with Gasteiger partial charge in [-0.05, 0) is 19.1 Å². The van der Waals surface area contributed by atoms with E-state index in [2.05, 4.69) is 10.3 Å². The number of thiazole rings is 1. The number of aryl methyl sites for hydroxylation is 1. The fourth-order valence-corrected chi connectivity index (χ4v) is 3.34. The molecule has 0 aliphatic heterocycles. The molecule has 0 spiro atoms. The van der Waals surface area contributed by atoms with E-state index in [-0.39, 0.29) is 11.3 Å². The lowest BCUT2D eigenvalue weighted by atomic mass is 10.1. The molecule has 0 unspecified atom stereocenters. The van der Waals surface area contributed by atoms with E-state index in [1.807, 2.05) is 36.6 Å². The predicted molar refractivity (Wildman–Crippen MR) is 111 cm³/mol. The van der Waals surface area contributed by atoms with Gasteiger partial charge >= 0.3 is 5.97 Å². The van der Waals surface area contributed by atoms with Gasteiger partial charge in [-0.1, -0.05) is 35.9 Å². The second-order valence-corrected chi connectivity index (χ2v) is 6.93. The first kappa shape index (κ1) is 20.3. The van der Waals surface area contributed by atoms with Crippen molar-refractivity contribution in [3.8, 4) is 22.8 Å². The molecule has 0 radical (unpaired) electrons. The van der Waals surface area contributed by atoms with Crippen LogP contribution in [0.5, 0.6) is 11.5 Å². The van der Waals surface area contributed by atoms with Crippen LogP contribution in [0.1, 0.15) is 15.9 Å². The first-order chi connectivity index (χ1) is 14.0. The van der Waals surface area contributed by atoms with E-state index in [1.54, 1.807) is 12.1 Å². The van der Waals surface area contributed by atoms with Crippen molar-refractivity contribution in [2.24, 2.45) is 0 Å². The number of benzene rings is 2. The summed E-state index contributed by atoms with van der Waals surface area (Å²) in [6.07, 6.45) is 0. The van der Waals surface area contributed by atoms with Crippen LogP contribution in [0.15, 0.2) is 47.8 Å². The van der Waals surface area contributed by atoms with E-state index in [9.17, 15) is 9.59 Å². The fraction of sp³-hybridized carbons (Fsp3) is 0.190. The highest BCUT2D eigenvalue weighted by atomic mass is 32.1. The monoisotopic (exact) mass is 412 g/mol. The average molecular weight is 412 g/mol. The van der Waals surface area contributed by atoms with Crippen LogP contribution in [-0.4, -0.2) is 37.7 Å². The van der Waals surface area contributed by atoms with Crippen molar-refractivity contribution in [3.63, 3.8) is 0 Å². The summed E-state index contributed by atoms with van der Waals surface area (Å²) >= 11 is 1.30. The Labute approximate surface area is 172 Å². The third-order valence-electron chi connectivity index (χ3n) is 4.06. The highest BCUT2D eigenvalue weighted by Gasteiger charge is 2.19. The minimum Gasteiger partial charge on any atom is -0.493 e. The van der Waals surface area contributed by atoms with Gasteiger partial charge in [0, 0.05) is 10.9 Å². The molecule has 1 N–H and O–H groups in total. The highest BCUT2D eigenvalue weighted by molar-refractivity contribution is 7.14. The van der Waals surface area contributed by atoms with Gasteiger partial charge in [0.25, 0.3) is 5.91 Å². The minimum absolute atomic E-state index is 0.176. The molecule has 0 aliphatic carbocycles. The van der Waals surface area contributed by atoms with Crippen molar-refractivity contribution in [2.75, 3.05) is 26.1 Å². The summed E-state index contributed by atoms with van der Waals surface area (Å²) in [5.74, 6) is -0.513. The van der Waals surface area contributed by atoms with E-state index in [1.165, 1.54) is 31.6 Å². The summed E-state index contributed by atoms with van der Waals surface area (Å²) in [5, 5.41) is 4.92. The average Bonchev–Trinajstić information content (AvgIpc) is 3.20. The summed E-state index contributed by atoms with van der Waals surface area (Å²) in [5.41, 5.74) is 3.06. The van der Waals surface area contributed by atoms with Crippen LogP contribution in [0.3, 0.4) is 0 Å². The Morgan fingerprint density at radius 2 is 1.83 bits per heavy atom. The maximum atomic E-state index is 12.3. The number of para-hydroxylation sites is 1. The lowest BCUT2D eigenvalue weighted by molar-refractivity contribution is -0.119. The summed E-state index contributed by atoms with van der Waals surface area (Å²) in [7, 11) is 2.90. The molecule has 0 saturated heterocycles. The van der Waals surface area contributed by atoms with Crippen molar-refractivity contribution >= 4 is 28.3 Å². The summed E-state index contributed by atoms with van der Waals surface area (Å²) in [6, 6.07) is 12.8. The smallest absolute Gasteiger partial charge is 0.342 e. The standard InChI is InChI=1S/C21H20N2O5S/c1-13-7-9-14(10-8-13)16-12-29-21(22-16)23-18(24)11-28-20(25)15-5-4-6-17(26-2)19(15)27-3/h4-10,12H,11H2,1-3H3,(H,22,23,24). The topological polar surface area (TPSA) is 86.8 Å². The molecule has 2 aromatic carbocycles. The van der Waals surface area contributed by atoms with Crippen molar-refractivity contribution in [3.05, 3.63) is 59.0 Å². The van der Waals surface area contributed by atoms with Gasteiger partial charge in [-0.15, -0.1) is 11.3 Å². The van der Waals surface area contributed by atoms with Crippen LogP contribution >= 0.6 is 11.3 Å². The van der Waals surface area contributed by atoms with Gasteiger partial charge < -0.3 is 14.2 Å². The molecule has 1 aromatic heterocycles. The normalized spacial score (nSPS) is 10.3. The van der Waals surface area contributed by atoms with Crippen LogP contribution < -0.4 is 14.8 Å². The molecule has 1 amide bonds. The molecule has 0 aliphatic rings. The minimum atomic E-state index is -0.685. The first-order valence-electron chi connectivity index (χ1n) is 8.72. The number of amides is 1. The Bertz CT molecular complexity index is 1010. The number of methoxy groups -OCH3 is 2. The van der Waals surface area contributed by atoms with E-state index in [4.69, 9.17) is 14.2 Å². The second kappa shape index (κ2) is 9.20. The molecule has 0 atom stereocenters. The van der Waals surface area contributed by atoms with Crippen LogP contribution in [-0.2, 0) is 9.53 Å². The van der Waals surface area contributed by atoms with Gasteiger partial charge in [-0.25, -0.2) is 9.78 Å². The first-order valence-corrected chi connectivity index (χ1v) is 9.60. The molecular weight excluding hydrogens is 392 g/mol. The third kappa shape index (κ3) is 4.91. The Hall–Kier alpha value is -3.39. The third-order valence-corrected chi connectivity index (χ3v) is 4.81. The summed E-state index contributed by atoms with van der Waals surface area (Å²) in [6.45, 7) is 1.57. The van der Waals surface area contributed by atoms with Crippen molar-refractivity contribution in [1.29, 1.82) is 0 Å². The molecule has 7 nitrogen and oxygen atoms in total. The Morgan fingerprint density at radius 1 is 1.07 bits per heavy atom. The Balaban J connectivity index is 1.59. The number of aromatic nitrogens is 1. The molecule has 0 fully saturated rings. The molecule has 0 saturated carbocycles. The zero-order valence-electron chi connectivity index (χ0n) is 16.2.